The van der Waals surface area contributed by atoms with Crippen LogP contribution in [0.5, 0.6) is 0 Å². The fraction of sp³-hybridized carbons (Fsp3) is 0.550. The second-order valence-electron chi connectivity index (χ2n) is 6.87. The molecule has 0 spiro atoms. The molecule has 0 saturated heterocycles. The first-order valence-electron chi connectivity index (χ1n) is 8.81. The van der Waals surface area contributed by atoms with Crippen molar-refractivity contribution in [3.8, 4) is 11.5 Å². The SMILES string of the molecule is Cc1oc(-c2ccc(C(C)C)cc2)nc1COC1CCCCC1. The first-order valence-corrected chi connectivity index (χ1v) is 8.81. The van der Waals surface area contributed by atoms with Gasteiger partial charge in [-0.3, -0.25) is 0 Å². The Morgan fingerprint density at radius 3 is 2.48 bits per heavy atom. The summed E-state index contributed by atoms with van der Waals surface area (Å²) in [6.07, 6.45) is 6.68. The summed E-state index contributed by atoms with van der Waals surface area (Å²) in [5.41, 5.74) is 3.29. The third-order valence-electron chi connectivity index (χ3n) is 4.72. The average Bonchev–Trinajstić information content (AvgIpc) is 2.95. The summed E-state index contributed by atoms with van der Waals surface area (Å²) in [6, 6.07) is 8.48. The van der Waals surface area contributed by atoms with Crippen molar-refractivity contribution in [1.82, 2.24) is 4.98 Å². The highest BCUT2D eigenvalue weighted by Crippen LogP contribution is 2.26. The van der Waals surface area contributed by atoms with Crippen molar-refractivity contribution < 1.29 is 9.15 Å². The van der Waals surface area contributed by atoms with Crippen molar-refractivity contribution in [2.75, 3.05) is 0 Å². The fourth-order valence-corrected chi connectivity index (χ4v) is 3.12. The van der Waals surface area contributed by atoms with Gasteiger partial charge in [-0.1, -0.05) is 45.2 Å². The molecule has 0 aliphatic heterocycles. The predicted molar refractivity (Wildman–Crippen MR) is 92.4 cm³/mol. The number of hydrogen-bond acceptors (Lipinski definition) is 3. The second-order valence-corrected chi connectivity index (χ2v) is 6.87. The molecule has 0 bridgehead atoms. The lowest BCUT2D eigenvalue weighted by atomic mass is 9.98. The Morgan fingerprint density at radius 1 is 1.13 bits per heavy atom. The first-order chi connectivity index (χ1) is 11.1. The number of aryl methyl sites for hydroxylation is 1. The average molecular weight is 313 g/mol. The van der Waals surface area contributed by atoms with Gasteiger partial charge in [-0.25, -0.2) is 4.98 Å². The minimum Gasteiger partial charge on any atom is -0.441 e. The Labute approximate surface area is 139 Å². The van der Waals surface area contributed by atoms with Gasteiger partial charge < -0.3 is 9.15 Å². The molecular formula is C20H27NO2. The third-order valence-corrected chi connectivity index (χ3v) is 4.72. The second kappa shape index (κ2) is 7.31. The Hall–Kier alpha value is -1.61. The number of ether oxygens (including phenoxy) is 1. The van der Waals surface area contributed by atoms with E-state index in [1.807, 2.05) is 6.92 Å². The quantitative estimate of drug-likeness (QED) is 0.718. The molecular weight excluding hydrogens is 286 g/mol. The summed E-state index contributed by atoms with van der Waals surface area (Å²) >= 11 is 0. The van der Waals surface area contributed by atoms with Crippen LogP contribution in [0.1, 0.15) is 68.9 Å². The lowest BCUT2D eigenvalue weighted by molar-refractivity contribution is 0.0149. The van der Waals surface area contributed by atoms with Crippen LogP contribution < -0.4 is 0 Å². The van der Waals surface area contributed by atoms with Gasteiger partial charge in [-0.15, -0.1) is 0 Å². The highest BCUT2D eigenvalue weighted by Gasteiger charge is 2.17. The van der Waals surface area contributed by atoms with Crippen LogP contribution in [0, 0.1) is 6.92 Å². The van der Waals surface area contributed by atoms with Crippen LogP contribution >= 0.6 is 0 Å². The molecule has 1 aromatic heterocycles. The maximum Gasteiger partial charge on any atom is 0.226 e. The van der Waals surface area contributed by atoms with Crippen LogP contribution in [0.15, 0.2) is 28.7 Å². The van der Waals surface area contributed by atoms with Gasteiger partial charge in [0.2, 0.25) is 5.89 Å². The molecule has 1 aliphatic carbocycles. The Kier molecular flexibility index (Phi) is 5.16. The number of rotatable bonds is 5. The molecule has 124 valence electrons. The molecule has 0 N–H and O–H groups in total. The lowest BCUT2D eigenvalue weighted by Crippen LogP contribution is -2.16. The molecule has 0 radical (unpaired) electrons. The number of benzene rings is 1. The van der Waals surface area contributed by atoms with E-state index >= 15 is 0 Å². The van der Waals surface area contributed by atoms with Gasteiger partial charge in [0.15, 0.2) is 0 Å². The maximum atomic E-state index is 6.03. The topological polar surface area (TPSA) is 35.3 Å². The molecule has 0 amide bonds. The zero-order valence-corrected chi connectivity index (χ0v) is 14.5. The summed E-state index contributed by atoms with van der Waals surface area (Å²) in [5, 5.41) is 0. The summed E-state index contributed by atoms with van der Waals surface area (Å²) in [5.74, 6) is 2.10. The Bertz CT molecular complexity index is 622. The van der Waals surface area contributed by atoms with E-state index in [9.17, 15) is 0 Å². The predicted octanol–water partition coefficient (Wildman–Crippen LogP) is 5.62. The van der Waals surface area contributed by atoms with Crippen LogP contribution in [-0.4, -0.2) is 11.1 Å². The zero-order chi connectivity index (χ0) is 16.2. The van der Waals surface area contributed by atoms with Gasteiger partial charge in [0.05, 0.1) is 12.7 Å². The molecule has 1 fully saturated rings. The van der Waals surface area contributed by atoms with Crippen molar-refractivity contribution in [3.63, 3.8) is 0 Å². The van der Waals surface area contributed by atoms with E-state index in [1.165, 1.54) is 37.7 Å². The smallest absolute Gasteiger partial charge is 0.226 e. The summed E-state index contributed by atoms with van der Waals surface area (Å²) in [4.78, 5) is 4.65. The summed E-state index contributed by atoms with van der Waals surface area (Å²) in [6.45, 7) is 6.93. The molecule has 3 nitrogen and oxygen atoms in total. The first kappa shape index (κ1) is 16.3. The van der Waals surface area contributed by atoms with E-state index in [0.29, 0.717) is 24.5 Å². The Morgan fingerprint density at radius 2 is 1.83 bits per heavy atom. The molecule has 3 heteroatoms. The molecule has 1 aliphatic rings. The minimum atomic E-state index is 0.397. The van der Waals surface area contributed by atoms with Gasteiger partial charge >= 0.3 is 0 Å². The molecule has 0 atom stereocenters. The monoisotopic (exact) mass is 313 g/mol. The van der Waals surface area contributed by atoms with Crippen molar-refractivity contribution in [2.24, 2.45) is 0 Å². The number of hydrogen-bond donors (Lipinski definition) is 0. The number of aromatic nitrogens is 1. The van der Waals surface area contributed by atoms with Crippen molar-refractivity contribution in [1.29, 1.82) is 0 Å². The van der Waals surface area contributed by atoms with E-state index < -0.39 is 0 Å². The standard InChI is InChI=1S/C20H27NO2/c1-14(2)16-9-11-17(12-10-16)20-21-19(15(3)23-20)13-22-18-7-5-4-6-8-18/h9-12,14,18H,4-8,13H2,1-3H3. The van der Waals surface area contributed by atoms with Crippen LogP contribution in [-0.2, 0) is 11.3 Å². The molecule has 1 saturated carbocycles. The molecule has 23 heavy (non-hydrogen) atoms. The third kappa shape index (κ3) is 4.03. The van der Waals surface area contributed by atoms with Crippen LogP contribution in [0.2, 0.25) is 0 Å². The van der Waals surface area contributed by atoms with Gasteiger partial charge in [0, 0.05) is 5.56 Å². The largest absolute Gasteiger partial charge is 0.441 e. The molecule has 0 unspecified atom stereocenters. The maximum absolute atomic E-state index is 6.03. The zero-order valence-electron chi connectivity index (χ0n) is 14.5. The van der Waals surface area contributed by atoms with Crippen LogP contribution in [0.25, 0.3) is 11.5 Å². The normalized spacial score (nSPS) is 16.2. The van der Waals surface area contributed by atoms with Gasteiger partial charge in [0.25, 0.3) is 0 Å². The number of nitrogens with zero attached hydrogens (tertiary/aromatic N) is 1. The van der Waals surface area contributed by atoms with E-state index in [-0.39, 0.29) is 0 Å². The van der Waals surface area contributed by atoms with E-state index in [2.05, 4.69) is 43.1 Å². The van der Waals surface area contributed by atoms with Crippen LogP contribution in [0.4, 0.5) is 0 Å². The summed E-state index contributed by atoms with van der Waals surface area (Å²) in [7, 11) is 0. The van der Waals surface area contributed by atoms with Gasteiger partial charge in [0.1, 0.15) is 11.5 Å². The van der Waals surface area contributed by atoms with Crippen molar-refractivity contribution in [3.05, 3.63) is 41.3 Å². The molecule has 1 heterocycles. The lowest BCUT2D eigenvalue weighted by Gasteiger charge is -2.21. The van der Waals surface area contributed by atoms with Gasteiger partial charge in [-0.05, 0) is 43.4 Å². The number of oxazole rings is 1. The Balaban J connectivity index is 1.67. The highest BCUT2D eigenvalue weighted by atomic mass is 16.5. The minimum absolute atomic E-state index is 0.397. The molecule has 1 aromatic carbocycles. The highest BCUT2D eigenvalue weighted by molar-refractivity contribution is 5.54. The summed E-state index contributed by atoms with van der Waals surface area (Å²) < 4.78 is 11.9. The van der Waals surface area contributed by atoms with E-state index in [4.69, 9.17) is 9.15 Å². The van der Waals surface area contributed by atoms with E-state index in [1.54, 1.807) is 0 Å². The van der Waals surface area contributed by atoms with Crippen LogP contribution in [0.3, 0.4) is 0 Å². The molecule has 3 rings (SSSR count). The van der Waals surface area contributed by atoms with Gasteiger partial charge in [-0.2, -0.15) is 0 Å². The van der Waals surface area contributed by atoms with Crippen molar-refractivity contribution in [2.45, 2.75) is 71.5 Å². The fourth-order valence-electron chi connectivity index (χ4n) is 3.12. The van der Waals surface area contributed by atoms with Crippen molar-refractivity contribution >= 4 is 0 Å². The molecule has 2 aromatic rings. The van der Waals surface area contributed by atoms with E-state index in [0.717, 1.165) is 17.0 Å².